The molecule has 1 unspecified atom stereocenters. The fourth-order valence-corrected chi connectivity index (χ4v) is 2.43. The smallest absolute Gasteiger partial charge is 0.191 e. The molecule has 128 valence electrons. The minimum absolute atomic E-state index is 0.400. The average molecular weight is 324 g/mol. The van der Waals surface area contributed by atoms with Crippen molar-refractivity contribution in [2.24, 2.45) is 4.99 Å². The van der Waals surface area contributed by atoms with Crippen LogP contribution in [0.4, 0.5) is 0 Å². The number of aromatic nitrogens is 1. The molecule has 0 saturated heterocycles. The van der Waals surface area contributed by atoms with E-state index < -0.39 is 0 Å². The van der Waals surface area contributed by atoms with Gasteiger partial charge in [-0.2, -0.15) is 0 Å². The van der Waals surface area contributed by atoms with Crippen LogP contribution in [0.2, 0.25) is 0 Å². The Morgan fingerprint density at radius 2 is 1.92 bits per heavy atom. The molecule has 0 bridgehead atoms. The molecule has 2 N–H and O–H groups in total. The summed E-state index contributed by atoms with van der Waals surface area (Å²) < 4.78 is 0. The van der Waals surface area contributed by atoms with E-state index in [1.807, 2.05) is 24.4 Å². The van der Waals surface area contributed by atoms with Crippen molar-refractivity contribution in [2.75, 3.05) is 19.6 Å². The number of rotatable bonds is 7. The van der Waals surface area contributed by atoms with Crippen LogP contribution in [-0.2, 0) is 6.42 Å². The van der Waals surface area contributed by atoms with Gasteiger partial charge in [0.15, 0.2) is 5.96 Å². The van der Waals surface area contributed by atoms with E-state index in [1.165, 1.54) is 11.1 Å². The van der Waals surface area contributed by atoms with Gasteiger partial charge in [0.25, 0.3) is 0 Å². The summed E-state index contributed by atoms with van der Waals surface area (Å²) in [5.74, 6) is 1.27. The molecule has 4 nitrogen and oxygen atoms in total. The summed E-state index contributed by atoms with van der Waals surface area (Å²) >= 11 is 0. The fourth-order valence-electron chi connectivity index (χ4n) is 2.43. The van der Waals surface area contributed by atoms with E-state index in [1.54, 1.807) is 0 Å². The number of guanidine groups is 1. The second kappa shape index (κ2) is 9.71. The number of nitrogens with zero attached hydrogens (tertiary/aromatic N) is 2. The molecule has 0 aliphatic rings. The average Bonchev–Trinajstić information content (AvgIpc) is 2.61. The Balaban J connectivity index is 1.86. The Bertz CT molecular complexity index is 620. The molecule has 1 aromatic carbocycles. The fraction of sp³-hybridized carbons (Fsp3) is 0.400. The molecule has 1 atom stereocenters. The van der Waals surface area contributed by atoms with Crippen LogP contribution in [0, 0.1) is 6.92 Å². The first-order chi connectivity index (χ1) is 11.7. The second-order valence-corrected chi connectivity index (χ2v) is 6.03. The van der Waals surface area contributed by atoms with Crippen molar-refractivity contribution in [3.8, 4) is 0 Å². The van der Waals surface area contributed by atoms with Crippen LogP contribution in [0.25, 0.3) is 0 Å². The van der Waals surface area contributed by atoms with E-state index in [0.29, 0.717) is 5.92 Å². The molecule has 0 spiro atoms. The summed E-state index contributed by atoms with van der Waals surface area (Å²) in [6, 6.07) is 14.7. The summed E-state index contributed by atoms with van der Waals surface area (Å²) in [6.07, 6.45) is 2.72. The van der Waals surface area contributed by atoms with Crippen LogP contribution in [0.1, 0.15) is 36.6 Å². The van der Waals surface area contributed by atoms with E-state index in [-0.39, 0.29) is 0 Å². The topological polar surface area (TPSA) is 49.3 Å². The van der Waals surface area contributed by atoms with Crippen LogP contribution in [0.15, 0.2) is 53.7 Å². The Labute approximate surface area is 145 Å². The van der Waals surface area contributed by atoms with E-state index in [0.717, 1.165) is 37.7 Å². The molecule has 0 fully saturated rings. The highest BCUT2D eigenvalue weighted by Gasteiger charge is 2.05. The SMILES string of the molecule is CCNC(=NCC(C)c1ccc(C)cc1)NCCc1ccccn1. The summed E-state index contributed by atoms with van der Waals surface area (Å²) in [7, 11) is 0. The summed E-state index contributed by atoms with van der Waals surface area (Å²) in [4.78, 5) is 9.06. The van der Waals surface area contributed by atoms with Crippen molar-refractivity contribution in [3.05, 3.63) is 65.5 Å². The molecule has 24 heavy (non-hydrogen) atoms. The zero-order valence-electron chi connectivity index (χ0n) is 14.9. The molecular formula is C20H28N4. The molecule has 1 heterocycles. The number of pyridine rings is 1. The molecule has 2 rings (SSSR count). The van der Waals surface area contributed by atoms with Crippen molar-refractivity contribution < 1.29 is 0 Å². The second-order valence-electron chi connectivity index (χ2n) is 6.03. The van der Waals surface area contributed by atoms with Crippen molar-refractivity contribution >= 4 is 5.96 Å². The summed E-state index contributed by atoms with van der Waals surface area (Å²) in [5, 5.41) is 6.69. The maximum absolute atomic E-state index is 4.72. The van der Waals surface area contributed by atoms with Gasteiger partial charge < -0.3 is 10.6 Å². The lowest BCUT2D eigenvalue weighted by molar-refractivity contribution is 0.743. The van der Waals surface area contributed by atoms with Crippen LogP contribution in [-0.4, -0.2) is 30.6 Å². The Hall–Kier alpha value is -2.36. The third-order valence-corrected chi connectivity index (χ3v) is 3.91. The van der Waals surface area contributed by atoms with Crippen LogP contribution >= 0.6 is 0 Å². The van der Waals surface area contributed by atoms with Crippen molar-refractivity contribution in [1.82, 2.24) is 15.6 Å². The van der Waals surface area contributed by atoms with Crippen molar-refractivity contribution in [1.29, 1.82) is 0 Å². The van der Waals surface area contributed by atoms with Gasteiger partial charge in [0.1, 0.15) is 0 Å². The highest BCUT2D eigenvalue weighted by Crippen LogP contribution is 2.15. The molecular weight excluding hydrogens is 296 g/mol. The Morgan fingerprint density at radius 3 is 2.58 bits per heavy atom. The Morgan fingerprint density at radius 1 is 1.12 bits per heavy atom. The lowest BCUT2D eigenvalue weighted by Gasteiger charge is -2.14. The highest BCUT2D eigenvalue weighted by atomic mass is 15.2. The molecule has 2 aromatic rings. The van der Waals surface area contributed by atoms with Gasteiger partial charge in [-0.05, 0) is 31.5 Å². The van der Waals surface area contributed by atoms with Gasteiger partial charge in [-0.25, -0.2) is 0 Å². The first-order valence-electron chi connectivity index (χ1n) is 8.67. The largest absolute Gasteiger partial charge is 0.357 e. The van der Waals surface area contributed by atoms with Gasteiger partial charge in [0, 0.05) is 43.9 Å². The van der Waals surface area contributed by atoms with E-state index >= 15 is 0 Å². The Kier molecular flexibility index (Phi) is 7.27. The maximum atomic E-state index is 4.72. The van der Waals surface area contributed by atoms with Crippen LogP contribution < -0.4 is 10.6 Å². The lowest BCUT2D eigenvalue weighted by atomic mass is 10.0. The first kappa shape index (κ1) is 18.0. The molecule has 0 amide bonds. The van der Waals surface area contributed by atoms with Gasteiger partial charge in [-0.3, -0.25) is 9.98 Å². The van der Waals surface area contributed by atoms with E-state index in [9.17, 15) is 0 Å². The molecule has 0 aliphatic carbocycles. The lowest BCUT2D eigenvalue weighted by Crippen LogP contribution is -2.38. The number of benzene rings is 1. The van der Waals surface area contributed by atoms with E-state index in [2.05, 4.69) is 60.7 Å². The van der Waals surface area contributed by atoms with Gasteiger partial charge >= 0.3 is 0 Å². The zero-order chi connectivity index (χ0) is 17.2. The zero-order valence-corrected chi connectivity index (χ0v) is 14.9. The standard InChI is InChI=1S/C20H28N4/c1-4-21-20(23-14-12-19-7-5-6-13-22-19)24-15-17(3)18-10-8-16(2)9-11-18/h5-11,13,17H,4,12,14-15H2,1-3H3,(H2,21,23,24). The minimum atomic E-state index is 0.400. The van der Waals surface area contributed by atoms with E-state index in [4.69, 9.17) is 4.99 Å². The van der Waals surface area contributed by atoms with Gasteiger partial charge in [-0.1, -0.05) is 42.8 Å². The molecule has 0 radical (unpaired) electrons. The molecule has 0 saturated carbocycles. The first-order valence-corrected chi connectivity index (χ1v) is 8.67. The molecule has 0 aliphatic heterocycles. The van der Waals surface area contributed by atoms with Crippen LogP contribution in [0.3, 0.4) is 0 Å². The number of nitrogens with one attached hydrogen (secondary N) is 2. The number of hydrogen-bond acceptors (Lipinski definition) is 2. The third-order valence-electron chi connectivity index (χ3n) is 3.91. The third kappa shape index (κ3) is 6.03. The maximum Gasteiger partial charge on any atom is 0.191 e. The monoisotopic (exact) mass is 324 g/mol. The van der Waals surface area contributed by atoms with Gasteiger partial charge in [-0.15, -0.1) is 0 Å². The van der Waals surface area contributed by atoms with Gasteiger partial charge in [0.05, 0.1) is 0 Å². The highest BCUT2D eigenvalue weighted by molar-refractivity contribution is 5.79. The quantitative estimate of drug-likeness (QED) is 0.607. The predicted molar refractivity (Wildman–Crippen MR) is 102 cm³/mol. The van der Waals surface area contributed by atoms with Crippen LogP contribution in [0.5, 0.6) is 0 Å². The van der Waals surface area contributed by atoms with Crippen molar-refractivity contribution in [2.45, 2.75) is 33.1 Å². The summed E-state index contributed by atoms with van der Waals surface area (Å²) in [6.45, 7) is 8.85. The van der Waals surface area contributed by atoms with Crippen molar-refractivity contribution in [3.63, 3.8) is 0 Å². The summed E-state index contributed by atoms with van der Waals surface area (Å²) in [5.41, 5.74) is 3.71. The number of aliphatic imine (C=N–C) groups is 1. The van der Waals surface area contributed by atoms with Gasteiger partial charge in [0.2, 0.25) is 0 Å². The molecule has 4 heteroatoms. The normalized spacial score (nSPS) is 12.7. The number of aryl methyl sites for hydroxylation is 1. The molecule has 1 aromatic heterocycles. The number of hydrogen-bond donors (Lipinski definition) is 2. The minimum Gasteiger partial charge on any atom is -0.357 e. The predicted octanol–water partition coefficient (Wildman–Crippen LogP) is 3.29.